The van der Waals surface area contributed by atoms with Gasteiger partial charge in [0.2, 0.25) is 0 Å². The highest BCUT2D eigenvalue weighted by molar-refractivity contribution is 5.94. The number of rotatable bonds is 1. The molecule has 2 aliphatic rings. The average Bonchev–Trinajstić information content (AvgIpc) is 2.99. The van der Waals surface area contributed by atoms with E-state index in [4.69, 9.17) is 4.98 Å². The van der Waals surface area contributed by atoms with E-state index in [1.165, 1.54) is 56.7 Å². The van der Waals surface area contributed by atoms with Crippen LogP contribution in [0, 0.1) is 13.8 Å². The summed E-state index contributed by atoms with van der Waals surface area (Å²) in [5, 5.41) is 1.43. The third-order valence-electron chi connectivity index (χ3n) is 6.55. The van der Waals surface area contributed by atoms with Gasteiger partial charge < -0.3 is 9.47 Å². The molecule has 1 aliphatic carbocycles. The van der Waals surface area contributed by atoms with Crippen LogP contribution in [0.5, 0.6) is 0 Å². The number of fused-ring (bicyclic) bond motifs is 4. The molecular formula is C25H29N3. The first-order valence-electron chi connectivity index (χ1n) is 10.5. The van der Waals surface area contributed by atoms with E-state index in [-0.39, 0.29) is 0 Å². The smallest absolute Gasteiger partial charge is 0.0531 e. The number of pyridine rings is 1. The Labute approximate surface area is 167 Å². The van der Waals surface area contributed by atoms with Gasteiger partial charge in [0.1, 0.15) is 0 Å². The second-order valence-corrected chi connectivity index (χ2v) is 8.63. The van der Waals surface area contributed by atoms with Crippen LogP contribution in [0.3, 0.4) is 0 Å². The van der Waals surface area contributed by atoms with Crippen molar-refractivity contribution in [1.29, 1.82) is 0 Å². The summed E-state index contributed by atoms with van der Waals surface area (Å²) in [5.74, 6) is 0. The fraction of sp³-hybridized carbons (Fsp3) is 0.400. The van der Waals surface area contributed by atoms with Crippen LogP contribution in [0.4, 0.5) is 0 Å². The molecule has 0 N–H and O–H groups in total. The molecule has 0 radical (unpaired) electrons. The minimum Gasteiger partial charge on any atom is -0.317 e. The van der Waals surface area contributed by atoms with Crippen molar-refractivity contribution in [1.82, 2.24) is 14.5 Å². The topological polar surface area (TPSA) is 21.1 Å². The predicted octanol–water partition coefficient (Wildman–Crippen LogP) is 5.37. The van der Waals surface area contributed by atoms with Crippen molar-refractivity contribution in [2.75, 3.05) is 13.6 Å². The molecule has 2 aromatic heterocycles. The first-order valence-corrected chi connectivity index (χ1v) is 10.5. The standard InChI is InChI=1S/C25H29N3/c1-16-8-11-24-21(14-16)22-15-27(4)13-12-25(22)28(24)18(3)19-6-5-7-23-20(19)10-9-17(2)26-23/h8-11,14H,5-7,12-13,15H2,1-4H3. The molecule has 0 atom stereocenters. The van der Waals surface area contributed by atoms with Crippen molar-refractivity contribution < 1.29 is 0 Å². The van der Waals surface area contributed by atoms with Gasteiger partial charge in [-0.05, 0) is 76.4 Å². The van der Waals surface area contributed by atoms with Gasteiger partial charge in [0, 0.05) is 53.2 Å². The predicted molar refractivity (Wildman–Crippen MR) is 117 cm³/mol. The Bertz CT molecular complexity index is 1120. The van der Waals surface area contributed by atoms with Crippen molar-refractivity contribution in [2.24, 2.45) is 0 Å². The Balaban J connectivity index is 1.78. The molecule has 0 fully saturated rings. The zero-order chi connectivity index (χ0) is 19.4. The largest absolute Gasteiger partial charge is 0.317 e. The lowest BCUT2D eigenvalue weighted by Gasteiger charge is -2.26. The van der Waals surface area contributed by atoms with Crippen LogP contribution in [0.25, 0.3) is 22.2 Å². The lowest BCUT2D eigenvalue weighted by Crippen LogP contribution is -2.27. The van der Waals surface area contributed by atoms with Gasteiger partial charge in [-0.3, -0.25) is 4.98 Å². The van der Waals surface area contributed by atoms with E-state index in [1.807, 2.05) is 0 Å². The Morgan fingerprint density at radius 2 is 1.89 bits per heavy atom. The van der Waals surface area contributed by atoms with Crippen molar-refractivity contribution in [2.45, 2.75) is 53.0 Å². The van der Waals surface area contributed by atoms with Crippen molar-refractivity contribution in [3.05, 3.63) is 64.1 Å². The van der Waals surface area contributed by atoms with E-state index in [0.29, 0.717) is 0 Å². The van der Waals surface area contributed by atoms with Crippen LogP contribution < -0.4 is 0 Å². The van der Waals surface area contributed by atoms with E-state index >= 15 is 0 Å². The molecule has 0 saturated carbocycles. The number of hydrogen-bond acceptors (Lipinski definition) is 2. The van der Waals surface area contributed by atoms with Gasteiger partial charge in [-0.2, -0.15) is 0 Å². The van der Waals surface area contributed by atoms with E-state index in [0.717, 1.165) is 38.0 Å². The summed E-state index contributed by atoms with van der Waals surface area (Å²) in [6.45, 7) is 8.79. The Kier molecular flexibility index (Phi) is 4.17. The molecule has 0 amide bonds. The van der Waals surface area contributed by atoms with Gasteiger partial charge >= 0.3 is 0 Å². The molecule has 0 bridgehead atoms. The monoisotopic (exact) mass is 371 g/mol. The third kappa shape index (κ3) is 2.72. The number of benzene rings is 1. The lowest BCUT2D eigenvalue weighted by atomic mass is 9.89. The number of nitrogens with zero attached hydrogens (tertiary/aromatic N) is 3. The number of allylic oxidation sites excluding steroid dienone is 2. The maximum Gasteiger partial charge on any atom is 0.0531 e. The number of hydrogen-bond donors (Lipinski definition) is 0. The van der Waals surface area contributed by atoms with Gasteiger partial charge in [-0.25, -0.2) is 0 Å². The fourth-order valence-electron chi connectivity index (χ4n) is 5.14. The third-order valence-corrected chi connectivity index (χ3v) is 6.55. The molecule has 1 aromatic carbocycles. The first kappa shape index (κ1) is 17.7. The average molecular weight is 372 g/mol. The summed E-state index contributed by atoms with van der Waals surface area (Å²) in [6, 6.07) is 11.4. The highest BCUT2D eigenvalue weighted by atomic mass is 15.1. The SMILES string of the molecule is CC(=C1CCCc2nc(C)ccc21)n1c2c(c3cc(C)ccc31)CN(C)CC2. The second-order valence-electron chi connectivity index (χ2n) is 8.63. The Morgan fingerprint density at radius 1 is 1.04 bits per heavy atom. The Morgan fingerprint density at radius 3 is 2.75 bits per heavy atom. The molecule has 0 unspecified atom stereocenters. The van der Waals surface area contributed by atoms with Gasteiger partial charge in [-0.1, -0.05) is 17.7 Å². The van der Waals surface area contributed by atoms with Gasteiger partial charge in [0.05, 0.1) is 5.52 Å². The molecular weight excluding hydrogens is 342 g/mol. The summed E-state index contributed by atoms with van der Waals surface area (Å²) >= 11 is 0. The maximum absolute atomic E-state index is 4.85. The Hall–Kier alpha value is -2.39. The molecule has 28 heavy (non-hydrogen) atoms. The molecule has 0 spiro atoms. The van der Waals surface area contributed by atoms with Crippen LogP contribution >= 0.6 is 0 Å². The fourth-order valence-corrected chi connectivity index (χ4v) is 5.14. The normalized spacial score (nSPS) is 18.9. The van der Waals surface area contributed by atoms with Crippen LogP contribution in [0.15, 0.2) is 30.3 Å². The minimum atomic E-state index is 1.04. The molecule has 3 heteroatoms. The second kappa shape index (κ2) is 6.59. The van der Waals surface area contributed by atoms with Crippen molar-refractivity contribution in [3.8, 4) is 0 Å². The number of aryl methyl sites for hydroxylation is 3. The van der Waals surface area contributed by atoms with E-state index in [1.54, 1.807) is 0 Å². The number of likely N-dealkylation sites (N-methyl/N-ethyl adjacent to an activating group) is 1. The zero-order valence-corrected chi connectivity index (χ0v) is 17.5. The summed E-state index contributed by atoms with van der Waals surface area (Å²) in [4.78, 5) is 7.29. The first-order chi connectivity index (χ1) is 13.5. The molecule has 3 heterocycles. The van der Waals surface area contributed by atoms with Crippen LogP contribution in [0.1, 0.15) is 53.5 Å². The van der Waals surface area contributed by atoms with Crippen LogP contribution in [0.2, 0.25) is 0 Å². The van der Waals surface area contributed by atoms with E-state index < -0.39 is 0 Å². The lowest BCUT2D eigenvalue weighted by molar-refractivity contribution is 0.311. The van der Waals surface area contributed by atoms with Gasteiger partial charge in [0.15, 0.2) is 0 Å². The van der Waals surface area contributed by atoms with Crippen LogP contribution in [-0.2, 0) is 19.4 Å². The molecule has 3 aromatic rings. The summed E-state index contributed by atoms with van der Waals surface area (Å²) < 4.78 is 2.57. The molecule has 5 rings (SSSR count). The zero-order valence-electron chi connectivity index (χ0n) is 17.5. The van der Waals surface area contributed by atoms with Crippen molar-refractivity contribution >= 4 is 22.2 Å². The van der Waals surface area contributed by atoms with Gasteiger partial charge in [-0.15, -0.1) is 0 Å². The van der Waals surface area contributed by atoms with E-state index in [9.17, 15) is 0 Å². The molecule has 144 valence electrons. The summed E-state index contributed by atoms with van der Waals surface area (Å²) in [5.41, 5.74) is 12.4. The molecule has 0 saturated heterocycles. The maximum atomic E-state index is 4.85. The van der Waals surface area contributed by atoms with Crippen molar-refractivity contribution in [3.63, 3.8) is 0 Å². The summed E-state index contributed by atoms with van der Waals surface area (Å²) in [6.07, 6.45) is 4.55. The highest BCUT2D eigenvalue weighted by Gasteiger charge is 2.25. The highest BCUT2D eigenvalue weighted by Crippen LogP contribution is 2.39. The number of aromatic nitrogens is 2. The molecule has 1 aliphatic heterocycles. The molecule has 3 nitrogen and oxygen atoms in total. The van der Waals surface area contributed by atoms with Gasteiger partial charge in [0.25, 0.3) is 0 Å². The van der Waals surface area contributed by atoms with Crippen LogP contribution in [-0.4, -0.2) is 28.0 Å². The van der Waals surface area contributed by atoms with E-state index in [2.05, 4.69) is 67.6 Å². The minimum absolute atomic E-state index is 1.04. The quantitative estimate of drug-likeness (QED) is 0.574. The summed E-state index contributed by atoms with van der Waals surface area (Å²) in [7, 11) is 2.23.